The summed E-state index contributed by atoms with van der Waals surface area (Å²) in [4.78, 5) is 21.5. The minimum Gasteiger partial charge on any atom is -0.497 e. The molecule has 7 heteroatoms. The van der Waals surface area contributed by atoms with E-state index in [2.05, 4.69) is 14.8 Å². The summed E-state index contributed by atoms with van der Waals surface area (Å²) in [6.07, 6.45) is 1.86. The molecule has 0 spiro atoms. The van der Waals surface area contributed by atoms with Gasteiger partial charge in [0, 0.05) is 31.9 Å². The van der Waals surface area contributed by atoms with Gasteiger partial charge in [0.2, 0.25) is 0 Å². The molecule has 28 heavy (non-hydrogen) atoms. The normalized spacial score (nSPS) is 18.6. The second-order valence-corrected chi connectivity index (χ2v) is 7.54. The van der Waals surface area contributed by atoms with Crippen molar-refractivity contribution >= 4 is 34.6 Å². The molecule has 5 nitrogen and oxygen atoms in total. The van der Waals surface area contributed by atoms with E-state index in [9.17, 15) is 9.18 Å². The number of thioether (sulfide) groups is 1. The average molecular weight is 397 g/mol. The van der Waals surface area contributed by atoms with Gasteiger partial charge in [0.25, 0.3) is 5.91 Å². The number of halogens is 1. The molecule has 0 saturated carbocycles. The smallest absolute Gasteiger partial charge is 0.286 e. The maximum absolute atomic E-state index is 13.1. The summed E-state index contributed by atoms with van der Waals surface area (Å²) in [7, 11) is 1.62. The van der Waals surface area contributed by atoms with Gasteiger partial charge in [-0.3, -0.25) is 4.79 Å². The van der Waals surface area contributed by atoms with Crippen LogP contribution in [0.2, 0.25) is 0 Å². The van der Waals surface area contributed by atoms with Crippen LogP contribution in [-0.2, 0) is 4.79 Å². The minimum absolute atomic E-state index is 0.197. The topological polar surface area (TPSA) is 45.1 Å². The van der Waals surface area contributed by atoms with E-state index in [-0.39, 0.29) is 11.7 Å². The van der Waals surface area contributed by atoms with Gasteiger partial charge in [0.1, 0.15) is 11.6 Å². The van der Waals surface area contributed by atoms with Gasteiger partial charge in [0.15, 0.2) is 5.17 Å². The lowest BCUT2D eigenvalue weighted by Crippen LogP contribution is -2.47. The number of hydrogen-bond donors (Lipinski definition) is 0. The molecule has 0 unspecified atom stereocenters. The fourth-order valence-corrected chi connectivity index (χ4v) is 4.16. The Labute approximate surface area is 167 Å². The fraction of sp³-hybridized carbons (Fsp3) is 0.238. The molecule has 1 fully saturated rings. The quantitative estimate of drug-likeness (QED) is 0.740. The third-order valence-electron chi connectivity index (χ3n) is 4.76. The molecular weight excluding hydrogens is 377 g/mol. The van der Waals surface area contributed by atoms with Gasteiger partial charge in [-0.25, -0.2) is 4.39 Å². The second-order valence-electron chi connectivity index (χ2n) is 6.53. The van der Waals surface area contributed by atoms with Crippen molar-refractivity contribution in [2.45, 2.75) is 0 Å². The van der Waals surface area contributed by atoms with Crippen molar-refractivity contribution in [2.75, 3.05) is 38.2 Å². The molecule has 2 aliphatic rings. The highest BCUT2D eigenvalue weighted by Crippen LogP contribution is 2.31. The van der Waals surface area contributed by atoms with Crippen molar-refractivity contribution in [2.24, 2.45) is 4.99 Å². The maximum atomic E-state index is 13.1. The summed E-state index contributed by atoms with van der Waals surface area (Å²) in [5.74, 6) is 0.356. The molecule has 0 radical (unpaired) electrons. The molecule has 2 aromatic rings. The van der Waals surface area contributed by atoms with Crippen LogP contribution in [0, 0.1) is 5.82 Å². The van der Waals surface area contributed by atoms with E-state index in [1.165, 1.54) is 23.9 Å². The minimum atomic E-state index is -0.228. The number of rotatable bonds is 3. The highest BCUT2D eigenvalue weighted by molar-refractivity contribution is 8.18. The van der Waals surface area contributed by atoms with Crippen LogP contribution in [0.15, 0.2) is 58.4 Å². The predicted molar refractivity (Wildman–Crippen MR) is 111 cm³/mol. The maximum Gasteiger partial charge on any atom is 0.286 e. The molecule has 0 bridgehead atoms. The van der Waals surface area contributed by atoms with Crippen molar-refractivity contribution in [3.8, 4) is 5.75 Å². The molecule has 144 valence electrons. The summed E-state index contributed by atoms with van der Waals surface area (Å²) in [6, 6.07) is 14.1. The van der Waals surface area contributed by atoms with Crippen molar-refractivity contribution < 1.29 is 13.9 Å². The van der Waals surface area contributed by atoms with Crippen LogP contribution < -0.4 is 9.64 Å². The SMILES string of the molecule is COc1ccc(/C=C2/SC(N3CCN(c4ccc(F)cc4)CC3)=NC2=O)cc1. The lowest BCUT2D eigenvalue weighted by atomic mass is 10.2. The number of carbonyl (C=O) groups excluding carboxylic acids is 1. The number of amidine groups is 1. The Balaban J connectivity index is 1.38. The van der Waals surface area contributed by atoms with E-state index in [0.29, 0.717) is 4.91 Å². The number of piperazine rings is 1. The van der Waals surface area contributed by atoms with E-state index >= 15 is 0 Å². The standard InChI is InChI=1S/C21H20FN3O2S/c1-27-18-8-2-15(3-9-18)14-19-20(26)23-21(28-19)25-12-10-24(11-13-25)17-6-4-16(22)5-7-17/h2-9,14H,10-13H2,1H3/b19-14+. The summed E-state index contributed by atoms with van der Waals surface area (Å²) in [6.45, 7) is 3.15. The molecule has 4 rings (SSSR count). The summed E-state index contributed by atoms with van der Waals surface area (Å²) in [5.41, 5.74) is 1.95. The van der Waals surface area contributed by atoms with Crippen LogP contribution in [0.25, 0.3) is 6.08 Å². The highest BCUT2D eigenvalue weighted by atomic mass is 32.2. The van der Waals surface area contributed by atoms with Crippen LogP contribution in [0.1, 0.15) is 5.56 Å². The molecule has 1 amide bonds. The van der Waals surface area contributed by atoms with Gasteiger partial charge >= 0.3 is 0 Å². The van der Waals surface area contributed by atoms with Crippen molar-refractivity contribution in [3.05, 3.63) is 64.8 Å². The molecule has 1 saturated heterocycles. The summed E-state index contributed by atoms with van der Waals surface area (Å²) < 4.78 is 18.3. The van der Waals surface area contributed by atoms with Crippen molar-refractivity contribution in [1.82, 2.24) is 4.90 Å². The number of nitrogens with zero attached hydrogens (tertiary/aromatic N) is 3. The zero-order valence-electron chi connectivity index (χ0n) is 15.5. The molecule has 2 heterocycles. The number of amides is 1. The Morgan fingerprint density at radius 2 is 1.64 bits per heavy atom. The number of ether oxygens (including phenoxy) is 1. The first kappa shape index (κ1) is 18.6. The van der Waals surface area contributed by atoms with Gasteiger partial charge in [-0.2, -0.15) is 4.99 Å². The lowest BCUT2D eigenvalue weighted by Gasteiger charge is -2.36. The number of aliphatic imine (C=N–C) groups is 1. The molecule has 0 aliphatic carbocycles. The first-order chi connectivity index (χ1) is 13.6. The molecule has 0 aromatic heterocycles. The van der Waals surface area contributed by atoms with Crippen LogP contribution in [-0.4, -0.2) is 49.3 Å². The summed E-state index contributed by atoms with van der Waals surface area (Å²) >= 11 is 1.42. The predicted octanol–water partition coefficient (Wildman–Crippen LogP) is 3.63. The fourth-order valence-electron chi connectivity index (χ4n) is 3.19. The molecule has 2 aliphatic heterocycles. The monoisotopic (exact) mass is 397 g/mol. The molecule has 0 atom stereocenters. The van der Waals surface area contributed by atoms with Gasteiger partial charge in [-0.1, -0.05) is 12.1 Å². The first-order valence-electron chi connectivity index (χ1n) is 9.04. The Bertz CT molecular complexity index is 918. The Hall–Kier alpha value is -2.80. The largest absolute Gasteiger partial charge is 0.497 e. The number of carbonyl (C=O) groups is 1. The van der Waals surface area contributed by atoms with E-state index in [4.69, 9.17) is 4.74 Å². The second kappa shape index (κ2) is 8.06. The van der Waals surface area contributed by atoms with E-state index in [1.54, 1.807) is 19.2 Å². The summed E-state index contributed by atoms with van der Waals surface area (Å²) in [5, 5.41) is 0.753. The lowest BCUT2D eigenvalue weighted by molar-refractivity contribution is -0.113. The highest BCUT2D eigenvalue weighted by Gasteiger charge is 2.28. The van der Waals surface area contributed by atoms with E-state index in [1.807, 2.05) is 30.3 Å². The Kier molecular flexibility index (Phi) is 5.34. The Morgan fingerprint density at radius 1 is 1.00 bits per heavy atom. The number of methoxy groups -OCH3 is 1. The molecular formula is C21H20FN3O2S. The molecule has 0 N–H and O–H groups in total. The van der Waals surface area contributed by atoms with Crippen LogP contribution in [0.3, 0.4) is 0 Å². The van der Waals surface area contributed by atoms with Gasteiger partial charge < -0.3 is 14.5 Å². The van der Waals surface area contributed by atoms with Crippen LogP contribution in [0.5, 0.6) is 5.75 Å². The third-order valence-corrected chi connectivity index (χ3v) is 5.81. The number of hydrogen-bond acceptors (Lipinski definition) is 5. The average Bonchev–Trinajstić information content (AvgIpc) is 3.09. The van der Waals surface area contributed by atoms with Crippen molar-refractivity contribution in [1.29, 1.82) is 0 Å². The van der Waals surface area contributed by atoms with Crippen LogP contribution >= 0.6 is 11.8 Å². The third kappa shape index (κ3) is 4.04. The number of anilines is 1. The molecule has 2 aromatic carbocycles. The number of benzene rings is 2. The van der Waals surface area contributed by atoms with E-state index in [0.717, 1.165) is 48.3 Å². The van der Waals surface area contributed by atoms with Gasteiger partial charge in [0.05, 0.1) is 12.0 Å². The van der Waals surface area contributed by atoms with Gasteiger partial charge in [-0.05, 0) is 59.8 Å². The van der Waals surface area contributed by atoms with Gasteiger partial charge in [-0.15, -0.1) is 0 Å². The van der Waals surface area contributed by atoms with Crippen molar-refractivity contribution in [3.63, 3.8) is 0 Å². The Morgan fingerprint density at radius 3 is 2.29 bits per heavy atom. The zero-order valence-corrected chi connectivity index (χ0v) is 16.3. The van der Waals surface area contributed by atoms with Crippen LogP contribution in [0.4, 0.5) is 10.1 Å². The van der Waals surface area contributed by atoms with E-state index < -0.39 is 0 Å². The zero-order chi connectivity index (χ0) is 19.5. The first-order valence-corrected chi connectivity index (χ1v) is 9.86.